The van der Waals surface area contributed by atoms with Crippen molar-refractivity contribution < 1.29 is 9.53 Å². The molecule has 4 heteroatoms. The van der Waals surface area contributed by atoms with Crippen molar-refractivity contribution in [1.29, 1.82) is 0 Å². The zero-order chi connectivity index (χ0) is 11.1. The quantitative estimate of drug-likeness (QED) is 0.471. The third kappa shape index (κ3) is 3.93. The molecule has 82 valence electrons. The standard InChI is InChI=1S/C11H15NO2S/c1-12-7-8-15-10-5-3-9(4-6-10)11(13)14-2/h3-6,12H,7-8H2,1-2H3. The number of hydrogen-bond donors (Lipinski definition) is 1. The molecule has 15 heavy (non-hydrogen) atoms. The normalized spacial score (nSPS) is 10.0. The van der Waals surface area contributed by atoms with Crippen molar-refractivity contribution in [2.24, 2.45) is 0 Å². The number of carbonyl (C=O) groups excluding carboxylic acids is 1. The van der Waals surface area contributed by atoms with Crippen molar-refractivity contribution in [3.05, 3.63) is 29.8 Å². The monoisotopic (exact) mass is 225 g/mol. The summed E-state index contributed by atoms with van der Waals surface area (Å²) in [6.07, 6.45) is 0. The average Bonchev–Trinajstić information content (AvgIpc) is 2.29. The molecule has 0 unspecified atom stereocenters. The van der Waals surface area contributed by atoms with Gasteiger partial charge in [-0.2, -0.15) is 0 Å². The molecule has 1 aromatic rings. The van der Waals surface area contributed by atoms with Crippen molar-refractivity contribution in [1.82, 2.24) is 5.32 Å². The van der Waals surface area contributed by atoms with Gasteiger partial charge in [-0.1, -0.05) is 0 Å². The average molecular weight is 225 g/mol. The summed E-state index contributed by atoms with van der Waals surface area (Å²) in [4.78, 5) is 12.3. The number of hydrogen-bond acceptors (Lipinski definition) is 4. The summed E-state index contributed by atoms with van der Waals surface area (Å²) in [5, 5.41) is 3.08. The molecule has 0 atom stereocenters. The lowest BCUT2D eigenvalue weighted by Gasteiger charge is -2.02. The summed E-state index contributed by atoms with van der Waals surface area (Å²) < 4.78 is 4.62. The molecule has 0 aliphatic carbocycles. The van der Waals surface area contributed by atoms with Crippen molar-refractivity contribution in [3.63, 3.8) is 0 Å². The van der Waals surface area contributed by atoms with Crippen LogP contribution in [0.1, 0.15) is 10.4 Å². The summed E-state index contributed by atoms with van der Waals surface area (Å²) in [6.45, 7) is 0.976. The van der Waals surface area contributed by atoms with Gasteiger partial charge in [-0.25, -0.2) is 4.79 Å². The Labute approximate surface area is 94.2 Å². The maximum Gasteiger partial charge on any atom is 0.337 e. The predicted molar refractivity (Wildman–Crippen MR) is 62.4 cm³/mol. The fourth-order valence-electron chi connectivity index (χ4n) is 1.08. The van der Waals surface area contributed by atoms with Crippen molar-refractivity contribution in [2.45, 2.75) is 4.90 Å². The Morgan fingerprint density at radius 3 is 2.60 bits per heavy atom. The van der Waals surface area contributed by atoms with Crippen LogP contribution in [0.4, 0.5) is 0 Å². The third-order valence-corrected chi connectivity index (χ3v) is 2.91. The molecule has 0 aliphatic rings. The second-order valence-corrected chi connectivity index (χ2v) is 4.14. The first-order valence-electron chi connectivity index (χ1n) is 4.73. The third-order valence-electron chi connectivity index (χ3n) is 1.90. The van der Waals surface area contributed by atoms with E-state index in [4.69, 9.17) is 0 Å². The van der Waals surface area contributed by atoms with E-state index in [1.165, 1.54) is 7.11 Å². The Bertz CT molecular complexity index is 311. The van der Waals surface area contributed by atoms with Gasteiger partial charge >= 0.3 is 5.97 Å². The lowest BCUT2D eigenvalue weighted by atomic mass is 10.2. The van der Waals surface area contributed by atoms with E-state index in [1.54, 1.807) is 23.9 Å². The number of methoxy groups -OCH3 is 1. The summed E-state index contributed by atoms with van der Waals surface area (Å²) in [6, 6.07) is 7.44. The van der Waals surface area contributed by atoms with E-state index < -0.39 is 0 Å². The van der Waals surface area contributed by atoms with Crippen LogP contribution in [-0.4, -0.2) is 32.4 Å². The van der Waals surface area contributed by atoms with E-state index in [0.29, 0.717) is 5.56 Å². The Morgan fingerprint density at radius 1 is 1.40 bits per heavy atom. The second kappa shape index (κ2) is 6.48. The molecule has 1 aromatic carbocycles. The Balaban J connectivity index is 2.52. The van der Waals surface area contributed by atoms with Crippen LogP contribution in [-0.2, 0) is 4.74 Å². The minimum atomic E-state index is -0.290. The summed E-state index contributed by atoms with van der Waals surface area (Å²) in [5.41, 5.74) is 0.593. The maximum atomic E-state index is 11.1. The molecule has 0 saturated heterocycles. The van der Waals surface area contributed by atoms with E-state index >= 15 is 0 Å². The van der Waals surface area contributed by atoms with Gasteiger partial charge in [-0.15, -0.1) is 11.8 Å². The highest BCUT2D eigenvalue weighted by Gasteiger charge is 2.03. The van der Waals surface area contributed by atoms with Gasteiger partial charge in [0.25, 0.3) is 0 Å². The number of benzene rings is 1. The van der Waals surface area contributed by atoms with Gasteiger partial charge in [0.05, 0.1) is 12.7 Å². The molecule has 0 heterocycles. The molecule has 0 fully saturated rings. The molecule has 0 amide bonds. The van der Waals surface area contributed by atoms with E-state index in [9.17, 15) is 4.79 Å². The van der Waals surface area contributed by atoms with Crippen molar-refractivity contribution in [3.8, 4) is 0 Å². The van der Waals surface area contributed by atoms with Crippen molar-refractivity contribution in [2.75, 3.05) is 26.5 Å². The molecule has 1 rings (SSSR count). The maximum absolute atomic E-state index is 11.1. The van der Waals surface area contributed by atoms with Crippen LogP contribution in [0.3, 0.4) is 0 Å². The van der Waals surface area contributed by atoms with E-state index in [-0.39, 0.29) is 5.97 Å². The minimum Gasteiger partial charge on any atom is -0.465 e. The smallest absolute Gasteiger partial charge is 0.337 e. The van der Waals surface area contributed by atoms with Crippen LogP contribution in [0.5, 0.6) is 0 Å². The molecule has 0 bridgehead atoms. The highest BCUT2D eigenvalue weighted by molar-refractivity contribution is 7.99. The zero-order valence-corrected chi connectivity index (χ0v) is 9.76. The zero-order valence-electron chi connectivity index (χ0n) is 8.95. The highest BCUT2D eigenvalue weighted by atomic mass is 32.2. The number of nitrogens with one attached hydrogen (secondary N) is 1. The first-order valence-corrected chi connectivity index (χ1v) is 5.72. The molecule has 0 radical (unpaired) electrons. The van der Waals surface area contributed by atoms with Crippen LogP contribution < -0.4 is 5.32 Å². The fraction of sp³-hybridized carbons (Fsp3) is 0.364. The Morgan fingerprint density at radius 2 is 2.07 bits per heavy atom. The van der Waals surface area contributed by atoms with Gasteiger partial charge in [0.1, 0.15) is 0 Å². The second-order valence-electron chi connectivity index (χ2n) is 2.97. The minimum absolute atomic E-state index is 0.290. The van der Waals surface area contributed by atoms with Gasteiger partial charge in [-0.05, 0) is 31.3 Å². The van der Waals surface area contributed by atoms with Gasteiger partial charge in [0.2, 0.25) is 0 Å². The van der Waals surface area contributed by atoms with Crippen LogP contribution >= 0.6 is 11.8 Å². The Kier molecular flexibility index (Phi) is 5.21. The predicted octanol–water partition coefficient (Wildman–Crippen LogP) is 1.78. The molecule has 0 aromatic heterocycles. The molecular formula is C11H15NO2S. The molecule has 0 spiro atoms. The van der Waals surface area contributed by atoms with Crippen LogP contribution in [0.15, 0.2) is 29.2 Å². The van der Waals surface area contributed by atoms with Gasteiger partial charge < -0.3 is 10.1 Å². The molecule has 3 nitrogen and oxygen atoms in total. The number of carbonyl (C=O) groups is 1. The summed E-state index contributed by atoms with van der Waals surface area (Å²) >= 11 is 1.76. The highest BCUT2D eigenvalue weighted by Crippen LogP contribution is 2.17. The number of rotatable bonds is 5. The topological polar surface area (TPSA) is 38.3 Å². The lowest BCUT2D eigenvalue weighted by molar-refractivity contribution is 0.0600. The summed E-state index contributed by atoms with van der Waals surface area (Å²) in [5.74, 6) is 0.732. The SMILES string of the molecule is CNCCSc1ccc(C(=O)OC)cc1. The van der Waals surface area contributed by atoms with Gasteiger partial charge in [-0.3, -0.25) is 0 Å². The summed E-state index contributed by atoms with van der Waals surface area (Å²) in [7, 11) is 3.32. The lowest BCUT2D eigenvalue weighted by Crippen LogP contribution is -2.09. The first-order chi connectivity index (χ1) is 7.27. The molecule has 0 aliphatic heterocycles. The number of ether oxygens (including phenoxy) is 1. The van der Waals surface area contributed by atoms with E-state index in [2.05, 4.69) is 10.1 Å². The largest absolute Gasteiger partial charge is 0.465 e. The number of esters is 1. The molecular weight excluding hydrogens is 210 g/mol. The van der Waals surface area contributed by atoms with E-state index in [1.807, 2.05) is 19.2 Å². The van der Waals surface area contributed by atoms with Crippen LogP contribution in [0.2, 0.25) is 0 Å². The van der Waals surface area contributed by atoms with Gasteiger partial charge in [0, 0.05) is 17.2 Å². The molecule has 1 N–H and O–H groups in total. The molecule has 0 saturated carbocycles. The van der Waals surface area contributed by atoms with Crippen molar-refractivity contribution >= 4 is 17.7 Å². The van der Waals surface area contributed by atoms with Crippen LogP contribution in [0, 0.1) is 0 Å². The Hall–Kier alpha value is -1.00. The fourth-order valence-corrected chi connectivity index (χ4v) is 1.95. The van der Waals surface area contributed by atoms with Crippen LogP contribution in [0.25, 0.3) is 0 Å². The van der Waals surface area contributed by atoms with E-state index in [0.717, 1.165) is 17.2 Å². The van der Waals surface area contributed by atoms with Gasteiger partial charge in [0.15, 0.2) is 0 Å². The first kappa shape index (κ1) is 12.1. The number of thioether (sulfide) groups is 1.